The fourth-order valence-corrected chi connectivity index (χ4v) is 3.14. The van der Waals surface area contributed by atoms with Gasteiger partial charge in [0.1, 0.15) is 0 Å². The van der Waals surface area contributed by atoms with E-state index in [-0.39, 0.29) is 11.5 Å². The Morgan fingerprint density at radius 2 is 1.55 bits per heavy atom. The van der Waals surface area contributed by atoms with Crippen LogP contribution in [0.25, 0.3) is 5.82 Å². The zero-order valence-corrected chi connectivity index (χ0v) is 15.3. The quantitative estimate of drug-likeness (QED) is 0.674. The molecule has 3 heterocycles. The van der Waals surface area contributed by atoms with Gasteiger partial charge in [-0.15, -0.1) is 10.2 Å². The van der Waals surface area contributed by atoms with Crippen LogP contribution < -0.4 is 4.90 Å². The Morgan fingerprint density at radius 1 is 0.897 bits per heavy atom. The summed E-state index contributed by atoms with van der Waals surface area (Å²) in [5.74, 6) is 1.02. The van der Waals surface area contributed by atoms with Gasteiger partial charge in [-0.25, -0.2) is 4.68 Å². The van der Waals surface area contributed by atoms with Crippen LogP contribution in [-0.2, 0) is 6.18 Å². The van der Waals surface area contributed by atoms with E-state index in [4.69, 9.17) is 0 Å². The van der Waals surface area contributed by atoms with Crippen LogP contribution in [0, 0.1) is 0 Å². The fraction of sp³-hybridized carbons (Fsp3) is 0.263. The predicted molar refractivity (Wildman–Crippen MR) is 98.7 cm³/mol. The van der Waals surface area contributed by atoms with E-state index in [1.807, 2.05) is 17.0 Å². The molecule has 3 aromatic rings. The van der Waals surface area contributed by atoms with E-state index in [2.05, 4.69) is 15.3 Å². The number of aromatic nitrogens is 4. The molecule has 1 aliphatic rings. The lowest BCUT2D eigenvalue weighted by Gasteiger charge is -2.35. The molecule has 0 aliphatic carbocycles. The number of anilines is 1. The maximum Gasteiger partial charge on any atom is 0.416 e. The van der Waals surface area contributed by atoms with Crippen molar-refractivity contribution >= 4 is 11.7 Å². The van der Waals surface area contributed by atoms with E-state index in [0.717, 1.165) is 12.1 Å². The number of halogens is 3. The first kappa shape index (κ1) is 18.9. The largest absolute Gasteiger partial charge is 0.416 e. The first-order valence-electron chi connectivity index (χ1n) is 8.97. The van der Waals surface area contributed by atoms with Crippen molar-refractivity contribution in [1.82, 2.24) is 24.9 Å². The molecular formula is C19H17F3N6O. The summed E-state index contributed by atoms with van der Waals surface area (Å²) in [6, 6.07) is 9.75. The van der Waals surface area contributed by atoms with Gasteiger partial charge in [0, 0.05) is 44.1 Å². The first-order valence-corrected chi connectivity index (χ1v) is 8.97. The Kier molecular flexibility index (Phi) is 4.91. The lowest BCUT2D eigenvalue weighted by molar-refractivity contribution is -0.137. The van der Waals surface area contributed by atoms with Crippen LogP contribution in [-0.4, -0.2) is 57.0 Å². The first-order chi connectivity index (χ1) is 13.9. The molecular weight excluding hydrogens is 385 g/mol. The number of rotatable bonds is 3. The predicted octanol–water partition coefficient (Wildman–Crippen LogP) is 2.64. The van der Waals surface area contributed by atoms with Gasteiger partial charge in [-0.2, -0.15) is 18.3 Å². The van der Waals surface area contributed by atoms with Crippen LogP contribution in [0.5, 0.6) is 0 Å². The summed E-state index contributed by atoms with van der Waals surface area (Å²) in [5, 5.41) is 12.5. The normalized spacial score (nSPS) is 14.9. The maximum absolute atomic E-state index is 12.7. The Morgan fingerprint density at radius 3 is 2.10 bits per heavy atom. The second-order valence-corrected chi connectivity index (χ2v) is 6.55. The van der Waals surface area contributed by atoms with Gasteiger partial charge in [0.2, 0.25) is 0 Å². The van der Waals surface area contributed by atoms with Gasteiger partial charge in [-0.05, 0) is 42.5 Å². The van der Waals surface area contributed by atoms with Crippen molar-refractivity contribution in [2.45, 2.75) is 6.18 Å². The molecule has 1 fully saturated rings. The lowest BCUT2D eigenvalue weighted by Crippen LogP contribution is -2.49. The third-order valence-corrected chi connectivity index (χ3v) is 4.73. The Hall–Kier alpha value is -3.43. The minimum absolute atomic E-state index is 0.245. The number of amides is 1. The summed E-state index contributed by atoms with van der Waals surface area (Å²) in [5.41, 5.74) is -0.522. The molecule has 0 spiro atoms. The lowest BCUT2D eigenvalue weighted by atomic mass is 10.1. The van der Waals surface area contributed by atoms with Gasteiger partial charge in [-0.1, -0.05) is 0 Å². The van der Waals surface area contributed by atoms with E-state index >= 15 is 0 Å². The van der Waals surface area contributed by atoms with Gasteiger partial charge in [0.05, 0.1) is 5.56 Å². The molecule has 0 N–H and O–H groups in total. The molecule has 10 heteroatoms. The Bertz CT molecular complexity index is 963. The van der Waals surface area contributed by atoms with E-state index in [1.54, 1.807) is 28.0 Å². The van der Waals surface area contributed by atoms with Crippen molar-refractivity contribution in [1.29, 1.82) is 0 Å². The van der Waals surface area contributed by atoms with Crippen molar-refractivity contribution in [3.8, 4) is 5.82 Å². The number of hydrogen-bond donors (Lipinski definition) is 0. The molecule has 4 rings (SSSR count). The smallest absolute Gasteiger partial charge is 0.352 e. The molecule has 0 unspecified atom stereocenters. The van der Waals surface area contributed by atoms with Crippen molar-refractivity contribution in [3.05, 3.63) is 66.0 Å². The van der Waals surface area contributed by atoms with Crippen LogP contribution in [0.1, 0.15) is 15.9 Å². The molecule has 0 atom stereocenters. The molecule has 0 radical (unpaired) electrons. The zero-order valence-electron chi connectivity index (χ0n) is 15.3. The van der Waals surface area contributed by atoms with Crippen molar-refractivity contribution < 1.29 is 18.0 Å². The molecule has 29 heavy (non-hydrogen) atoms. The summed E-state index contributed by atoms with van der Waals surface area (Å²) in [7, 11) is 0. The van der Waals surface area contributed by atoms with Crippen molar-refractivity contribution in [2.24, 2.45) is 0 Å². The monoisotopic (exact) mass is 402 g/mol. The maximum atomic E-state index is 12.7. The minimum atomic E-state index is -4.42. The molecule has 1 saturated heterocycles. The molecule has 1 aromatic carbocycles. The molecule has 2 aromatic heterocycles. The van der Waals surface area contributed by atoms with E-state index in [0.29, 0.717) is 37.8 Å². The van der Waals surface area contributed by atoms with Crippen LogP contribution in [0.4, 0.5) is 19.0 Å². The van der Waals surface area contributed by atoms with Crippen LogP contribution >= 0.6 is 0 Å². The molecule has 7 nitrogen and oxygen atoms in total. The zero-order chi connectivity index (χ0) is 20.4. The molecule has 1 aliphatic heterocycles. The number of piperazine rings is 1. The van der Waals surface area contributed by atoms with Crippen molar-refractivity contribution in [3.63, 3.8) is 0 Å². The second-order valence-electron chi connectivity index (χ2n) is 6.55. The van der Waals surface area contributed by atoms with Gasteiger partial charge in [0.25, 0.3) is 5.91 Å². The minimum Gasteiger partial charge on any atom is -0.352 e. The highest BCUT2D eigenvalue weighted by molar-refractivity contribution is 5.94. The number of carbonyl (C=O) groups is 1. The Balaban J connectivity index is 1.37. The standard InChI is InChI=1S/C19H17F3N6O/c20-19(21,22)15-4-2-14(3-5-15)18(29)27-12-10-26(11-13-27)16-6-7-17(25-24-16)28-9-1-8-23-28/h1-9H,10-13H2. The molecule has 0 saturated carbocycles. The summed E-state index contributed by atoms with van der Waals surface area (Å²) in [6.07, 6.45) is -0.987. The number of hydrogen-bond acceptors (Lipinski definition) is 5. The molecule has 150 valence electrons. The molecule has 1 amide bonds. The summed E-state index contributed by atoms with van der Waals surface area (Å²) in [6.45, 7) is 2.01. The number of benzene rings is 1. The highest BCUT2D eigenvalue weighted by Gasteiger charge is 2.30. The van der Waals surface area contributed by atoms with Gasteiger partial charge >= 0.3 is 6.18 Å². The average molecular weight is 402 g/mol. The molecule has 0 bridgehead atoms. The highest BCUT2D eigenvalue weighted by atomic mass is 19.4. The van der Waals surface area contributed by atoms with E-state index in [9.17, 15) is 18.0 Å². The Labute approximate surface area is 164 Å². The topological polar surface area (TPSA) is 67.2 Å². The van der Waals surface area contributed by atoms with E-state index < -0.39 is 11.7 Å². The highest BCUT2D eigenvalue weighted by Crippen LogP contribution is 2.29. The van der Waals surface area contributed by atoms with Gasteiger partial charge < -0.3 is 9.80 Å². The third kappa shape index (κ3) is 4.05. The van der Waals surface area contributed by atoms with Crippen LogP contribution in [0.2, 0.25) is 0 Å². The van der Waals surface area contributed by atoms with E-state index in [1.165, 1.54) is 12.1 Å². The van der Waals surface area contributed by atoms with Gasteiger partial charge in [-0.3, -0.25) is 4.79 Å². The summed E-state index contributed by atoms with van der Waals surface area (Å²) < 4.78 is 39.6. The van der Waals surface area contributed by atoms with Gasteiger partial charge in [0.15, 0.2) is 11.6 Å². The fourth-order valence-electron chi connectivity index (χ4n) is 3.14. The SMILES string of the molecule is O=C(c1ccc(C(F)(F)F)cc1)N1CCN(c2ccc(-n3cccn3)nn2)CC1. The third-order valence-electron chi connectivity index (χ3n) is 4.73. The number of carbonyl (C=O) groups excluding carboxylic acids is 1. The average Bonchev–Trinajstić information content (AvgIpc) is 3.28. The number of nitrogens with zero attached hydrogens (tertiary/aromatic N) is 6. The summed E-state index contributed by atoms with van der Waals surface area (Å²) >= 11 is 0. The van der Waals surface area contributed by atoms with Crippen LogP contribution in [0.3, 0.4) is 0 Å². The van der Waals surface area contributed by atoms with Crippen molar-refractivity contribution in [2.75, 3.05) is 31.1 Å². The second kappa shape index (κ2) is 7.53. The number of alkyl halides is 3. The van der Waals surface area contributed by atoms with Crippen LogP contribution in [0.15, 0.2) is 54.9 Å². The summed E-state index contributed by atoms with van der Waals surface area (Å²) in [4.78, 5) is 16.2.